The van der Waals surface area contributed by atoms with Gasteiger partial charge in [0.15, 0.2) is 5.82 Å². The Hall–Kier alpha value is -3.42. The largest absolute Gasteiger partial charge is 0.487 e. The quantitative estimate of drug-likeness (QED) is 0.717. The Kier molecular flexibility index (Phi) is 5.41. The number of nitrogens with one attached hydrogen (secondary N) is 1. The molecule has 0 radical (unpaired) electrons. The van der Waals surface area contributed by atoms with E-state index < -0.39 is 0 Å². The van der Waals surface area contributed by atoms with Crippen LogP contribution in [0.4, 0.5) is 10.5 Å². The smallest absolute Gasteiger partial charge is 0.321 e. The average molecular weight is 392 g/mol. The number of nitrogens with zero attached hydrogens (tertiary/aromatic N) is 5. The SMILES string of the molecule is CC(C)n1cnnc1-c1ccccc1NC(=O)N1CCC(Oc2cccnc2)C1. The Morgan fingerprint density at radius 2 is 2.10 bits per heavy atom. The van der Waals surface area contributed by atoms with Crippen molar-refractivity contribution < 1.29 is 9.53 Å². The third-order valence-corrected chi connectivity index (χ3v) is 4.91. The van der Waals surface area contributed by atoms with E-state index in [0.29, 0.717) is 18.8 Å². The van der Waals surface area contributed by atoms with Crippen LogP contribution >= 0.6 is 0 Å². The Bertz CT molecular complexity index is 972. The third kappa shape index (κ3) is 4.21. The van der Waals surface area contributed by atoms with Crippen molar-refractivity contribution in [1.82, 2.24) is 24.6 Å². The standard InChI is InChI=1S/C21H24N6O2/c1-15(2)27-14-23-25-20(27)18-7-3-4-8-19(18)24-21(28)26-11-9-17(13-26)29-16-6-5-10-22-12-16/h3-8,10,12,14-15,17H,9,11,13H2,1-2H3,(H,24,28). The van der Waals surface area contributed by atoms with Gasteiger partial charge in [-0.1, -0.05) is 12.1 Å². The van der Waals surface area contributed by atoms with Gasteiger partial charge in [-0.25, -0.2) is 4.79 Å². The van der Waals surface area contributed by atoms with E-state index in [1.54, 1.807) is 23.6 Å². The van der Waals surface area contributed by atoms with Gasteiger partial charge in [-0.3, -0.25) is 4.98 Å². The highest BCUT2D eigenvalue weighted by molar-refractivity contribution is 5.93. The molecule has 3 aromatic rings. The van der Waals surface area contributed by atoms with Crippen molar-refractivity contribution >= 4 is 11.7 Å². The molecule has 150 valence electrons. The molecule has 2 aromatic heterocycles. The lowest BCUT2D eigenvalue weighted by Gasteiger charge is -2.19. The summed E-state index contributed by atoms with van der Waals surface area (Å²) in [7, 11) is 0. The fraction of sp³-hybridized carbons (Fsp3) is 0.333. The Morgan fingerprint density at radius 1 is 1.24 bits per heavy atom. The highest BCUT2D eigenvalue weighted by Crippen LogP contribution is 2.28. The number of rotatable bonds is 5. The molecule has 4 rings (SSSR count). The molecule has 1 aliphatic rings. The molecular formula is C21H24N6O2. The van der Waals surface area contributed by atoms with Crippen LogP contribution in [0, 0.1) is 0 Å². The summed E-state index contributed by atoms with van der Waals surface area (Å²) in [4.78, 5) is 18.7. The number of hydrogen-bond acceptors (Lipinski definition) is 5. The first-order chi connectivity index (χ1) is 14.1. The topological polar surface area (TPSA) is 85.2 Å². The van der Waals surface area contributed by atoms with Gasteiger partial charge in [-0.2, -0.15) is 0 Å². The number of carbonyl (C=O) groups excluding carboxylic acids is 1. The summed E-state index contributed by atoms with van der Waals surface area (Å²) in [6.07, 6.45) is 5.84. The predicted molar refractivity (Wildman–Crippen MR) is 110 cm³/mol. The van der Waals surface area contributed by atoms with Crippen LogP contribution in [0.15, 0.2) is 55.1 Å². The zero-order valence-corrected chi connectivity index (χ0v) is 16.5. The molecule has 1 N–H and O–H groups in total. The van der Waals surface area contributed by atoms with Crippen molar-refractivity contribution in [2.24, 2.45) is 0 Å². The number of urea groups is 1. The normalized spacial score (nSPS) is 16.2. The number of carbonyl (C=O) groups is 1. The van der Waals surface area contributed by atoms with E-state index in [1.165, 1.54) is 0 Å². The molecule has 0 bridgehead atoms. The second-order valence-electron chi connectivity index (χ2n) is 7.29. The molecule has 2 amide bonds. The number of ether oxygens (including phenoxy) is 1. The van der Waals surface area contributed by atoms with Crippen LogP contribution in [0.2, 0.25) is 0 Å². The second-order valence-corrected chi connectivity index (χ2v) is 7.29. The van der Waals surface area contributed by atoms with Crippen molar-refractivity contribution in [3.8, 4) is 17.1 Å². The minimum atomic E-state index is -0.148. The van der Waals surface area contributed by atoms with Crippen LogP contribution in [0.1, 0.15) is 26.3 Å². The number of likely N-dealkylation sites (tertiary alicyclic amines) is 1. The monoisotopic (exact) mass is 392 g/mol. The lowest BCUT2D eigenvalue weighted by atomic mass is 10.1. The number of hydrogen-bond donors (Lipinski definition) is 1. The fourth-order valence-corrected chi connectivity index (χ4v) is 3.41. The van der Waals surface area contributed by atoms with Gasteiger partial charge in [-0.15, -0.1) is 10.2 Å². The van der Waals surface area contributed by atoms with Gasteiger partial charge in [0.25, 0.3) is 0 Å². The number of benzene rings is 1. The number of aromatic nitrogens is 4. The summed E-state index contributed by atoms with van der Waals surface area (Å²) in [6, 6.07) is 11.4. The molecule has 1 aromatic carbocycles. The van der Waals surface area contributed by atoms with Crippen molar-refractivity contribution in [3.05, 3.63) is 55.1 Å². The van der Waals surface area contributed by atoms with E-state index in [-0.39, 0.29) is 18.2 Å². The van der Waals surface area contributed by atoms with Crippen LogP contribution in [0.3, 0.4) is 0 Å². The molecule has 0 aliphatic carbocycles. The molecule has 1 unspecified atom stereocenters. The van der Waals surface area contributed by atoms with Gasteiger partial charge in [-0.05, 0) is 38.1 Å². The summed E-state index contributed by atoms with van der Waals surface area (Å²) < 4.78 is 7.91. The van der Waals surface area contributed by atoms with Gasteiger partial charge >= 0.3 is 6.03 Å². The number of pyridine rings is 1. The second kappa shape index (κ2) is 8.30. The Labute approximate surface area is 169 Å². The van der Waals surface area contributed by atoms with E-state index >= 15 is 0 Å². The molecular weight excluding hydrogens is 368 g/mol. The molecule has 1 fully saturated rings. The zero-order valence-electron chi connectivity index (χ0n) is 16.5. The summed E-state index contributed by atoms with van der Waals surface area (Å²) in [6.45, 7) is 5.31. The first-order valence-electron chi connectivity index (χ1n) is 9.73. The molecule has 8 nitrogen and oxygen atoms in total. The minimum absolute atomic E-state index is 0.0377. The minimum Gasteiger partial charge on any atom is -0.487 e. The molecule has 3 heterocycles. The molecule has 0 saturated carbocycles. The Balaban J connectivity index is 1.45. The van der Waals surface area contributed by atoms with Gasteiger partial charge < -0.3 is 19.5 Å². The molecule has 0 spiro atoms. The first-order valence-corrected chi connectivity index (χ1v) is 9.73. The van der Waals surface area contributed by atoms with Crippen LogP contribution in [0.5, 0.6) is 5.75 Å². The summed E-state index contributed by atoms with van der Waals surface area (Å²) >= 11 is 0. The van der Waals surface area contributed by atoms with Gasteiger partial charge in [0.05, 0.1) is 18.4 Å². The number of para-hydroxylation sites is 1. The first kappa shape index (κ1) is 18.9. The predicted octanol–water partition coefficient (Wildman–Crippen LogP) is 3.61. The van der Waals surface area contributed by atoms with Crippen LogP contribution in [-0.4, -0.2) is 49.9 Å². The van der Waals surface area contributed by atoms with Crippen LogP contribution < -0.4 is 10.1 Å². The van der Waals surface area contributed by atoms with Gasteiger partial charge in [0.1, 0.15) is 18.2 Å². The third-order valence-electron chi connectivity index (χ3n) is 4.91. The summed E-state index contributed by atoms with van der Waals surface area (Å²) in [5.74, 6) is 1.45. The van der Waals surface area contributed by atoms with Crippen molar-refractivity contribution in [3.63, 3.8) is 0 Å². The van der Waals surface area contributed by atoms with E-state index in [9.17, 15) is 4.79 Å². The van der Waals surface area contributed by atoms with Gasteiger partial charge in [0.2, 0.25) is 0 Å². The summed E-state index contributed by atoms with van der Waals surface area (Å²) in [5, 5.41) is 11.3. The highest BCUT2D eigenvalue weighted by atomic mass is 16.5. The molecule has 8 heteroatoms. The fourth-order valence-electron chi connectivity index (χ4n) is 3.41. The lowest BCUT2D eigenvalue weighted by Crippen LogP contribution is -2.34. The highest BCUT2D eigenvalue weighted by Gasteiger charge is 2.28. The van der Waals surface area contributed by atoms with Crippen LogP contribution in [-0.2, 0) is 0 Å². The number of anilines is 1. The van der Waals surface area contributed by atoms with E-state index in [4.69, 9.17) is 4.74 Å². The van der Waals surface area contributed by atoms with E-state index in [0.717, 1.165) is 23.6 Å². The van der Waals surface area contributed by atoms with Gasteiger partial charge in [0, 0.05) is 30.8 Å². The molecule has 1 saturated heterocycles. The number of amides is 2. The lowest BCUT2D eigenvalue weighted by molar-refractivity contribution is 0.194. The molecule has 29 heavy (non-hydrogen) atoms. The van der Waals surface area contributed by atoms with E-state index in [1.807, 2.05) is 41.0 Å². The van der Waals surface area contributed by atoms with Crippen LogP contribution in [0.25, 0.3) is 11.4 Å². The van der Waals surface area contributed by atoms with Crippen molar-refractivity contribution in [2.45, 2.75) is 32.4 Å². The Morgan fingerprint density at radius 3 is 2.90 bits per heavy atom. The van der Waals surface area contributed by atoms with Crippen molar-refractivity contribution in [1.29, 1.82) is 0 Å². The maximum atomic E-state index is 12.9. The maximum Gasteiger partial charge on any atom is 0.321 e. The zero-order chi connectivity index (χ0) is 20.2. The molecule has 1 atom stereocenters. The van der Waals surface area contributed by atoms with E-state index in [2.05, 4.69) is 34.3 Å². The summed E-state index contributed by atoms with van der Waals surface area (Å²) in [5.41, 5.74) is 1.55. The maximum absolute atomic E-state index is 12.9. The van der Waals surface area contributed by atoms with Crippen molar-refractivity contribution in [2.75, 3.05) is 18.4 Å². The molecule has 1 aliphatic heterocycles. The average Bonchev–Trinajstić information content (AvgIpc) is 3.39.